The predicted molar refractivity (Wildman–Crippen MR) is 143 cm³/mol. The molecule has 0 aromatic heterocycles. The van der Waals surface area contributed by atoms with E-state index in [4.69, 9.17) is 4.43 Å². The first kappa shape index (κ1) is 24.1. The van der Waals surface area contributed by atoms with Gasteiger partial charge in [0.25, 0.3) is 0 Å². The lowest BCUT2D eigenvalue weighted by molar-refractivity contribution is 0.517. The minimum atomic E-state index is -1.77. The SMILES string of the molecule is C[Si](C)(C)O/C1=C(\[Si](C)(C)C)c2ccc(cc2)CCCCCCCCc2ccc1cc2. The molecule has 3 heteroatoms. The summed E-state index contributed by atoms with van der Waals surface area (Å²) in [4.78, 5) is 0. The Morgan fingerprint density at radius 3 is 1.39 bits per heavy atom. The van der Waals surface area contributed by atoms with Gasteiger partial charge in [-0.3, -0.25) is 0 Å². The fourth-order valence-corrected chi connectivity index (χ4v) is 7.33. The van der Waals surface area contributed by atoms with Crippen molar-refractivity contribution >= 4 is 27.3 Å². The van der Waals surface area contributed by atoms with Crippen molar-refractivity contribution in [3.8, 4) is 0 Å². The van der Waals surface area contributed by atoms with Gasteiger partial charge in [0.2, 0.25) is 8.32 Å². The number of hydrogen-bond donors (Lipinski definition) is 0. The Labute approximate surface area is 193 Å². The van der Waals surface area contributed by atoms with Crippen LogP contribution in [0.15, 0.2) is 48.5 Å². The molecule has 2 aromatic rings. The summed E-state index contributed by atoms with van der Waals surface area (Å²) in [6.07, 6.45) is 10.4. The van der Waals surface area contributed by atoms with Gasteiger partial charge in [0.1, 0.15) is 5.76 Å². The summed E-state index contributed by atoms with van der Waals surface area (Å²) in [5.74, 6) is 1.14. The average Bonchev–Trinajstić information content (AvgIpc) is 2.68. The normalized spacial score (nSPS) is 19.2. The zero-order valence-electron chi connectivity index (χ0n) is 20.7. The lowest BCUT2D eigenvalue weighted by Gasteiger charge is -2.30. The van der Waals surface area contributed by atoms with Crippen LogP contribution >= 0.6 is 0 Å². The summed E-state index contributed by atoms with van der Waals surface area (Å²) in [5, 5.41) is 1.45. The van der Waals surface area contributed by atoms with Gasteiger partial charge in [-0.1, -0.05) is 93.9 Å². The molecule has 0 radical (unpaired) electrons. The molecule has 0 atom stereocenters. The molecule has 3 aliphatic carbocycles. The third-order valence-corrected chi connectivity index (χ3v) is 8.86. The summed E-state index contributed by atoms with van der Waals surface area (Å²) in [7, 11) is -3.43. The lowest BCUT2D eigenvalue weighted by atomic mass is 10.00. The van der Waals surface area contributed by atoms with Crippen LogP contribution in [-0.4, -0.2) is 16.4 Å². The van der Waals surface area contributed by atoms with Gasteiger partial charge in [-0.15, -0.1) is 0 Å². The van der Waals surface area contributed by atoms with Crippen molar-refractivity contribution in [3.63, 3.8) is 0 Å². The monoisotopic (exact) mass is 450 g/mol. The maximum atomic E-state index is 6.85. The van der Waals surface area contributed by atoms with Crippen LogP contribution in [-0.2, 0) is 17.3 Å². The molecule has 0 heterocycles. The van der Waals surface area contributed by atoms with Crippen LogP contribution in [0.1, 0.15) is 60.8 Å². The molecule has 4 bridgehead atoms. The Hall–Kier alpha value is -1.59. The van der Waals surface area contributed by atoms with Crippen LogP contribution in [0.3, 0.4) is 0 Å². The molecular weight excluding hydrogens is 408 g/mol. The summed E-state index contributed by atoms with van der Waals surface area (Å²) in [6, 6.07) is 18.7. The number of aryl methyl sites for hydroxylation is 2. The van der Waals surface area contributed by atoms with E-state index < -0.39 is 16.4 Å². The highest BCUT2D eigenvalue weighted by Crippen LogP contribution is 2.37. The van der Waals surface area contributed by atoms with Gasteiger partial charge in [-0.2, -0.15) is 0 Å². The molecule has 0 N–H and O–H groups in total. The molecule has 168 valence electrons. The van der Waals surface area contributed by atoms with Gasteiger partial charge in [-0.05, 0) is 67.2 Å². The number of fused-ring (bicyclic) bond motifs is 2. The second kappa shape index (κ2) is 10.4. The highest BCUT2D eigenvalue weighted by molar-refractivity contribution is 6.95. The van der Waals surface area contributed by atoms with E-state index in [0.717, 1.165) is 5.76 Å². The Morgan fingerprint density at radius 1 is 0.548 bits per heavy atom. The Bertz CT molecular complexity index is 865. The van der Waals surface area contributed by atoms with Crippen LogP contribution in [0.2, 0.25) is 39.3 Å². The Balaban J connectivity index is 2.14. The summed E-state index contributed by atoms with van der Waals surface area (Å²) in [6.45, 7) is 14.2. The van der Waals surface area contributed by atoms with Crippen LogP contribution in [0.4, 0.5) is 0 Å². The van der Waals surface area contributed by atoms with Crippen molar-refractivity contribution in [1.82, 2.24) is 0 Å². The quantitative estimate of drug-likeness (QED) is 0.425. The first-order valence-corrected chi connectivity index (χ1v) is 19.2. The topological polar surface area (TPSA) is 9.23 Å². The minimum absolute atomic E-state index is 1.14. The van der Waals surface area contributed by atoms with E-state index in [-0.39, 0.29) is 0 Å². The largest absolute Gasteiger partial charge is 0.544 e. The number of benzene rings is 2. The fraction of sp³-hybridized carbons (Fsp3) is 0.500. The summed E-state index contributed by atoms with van der Waals surface area (Å²) < 4.78 is 6.85. The van der Waals surface area contributed by atoms with Gasteiger partial charge in [0.15, 0.2) is 0 Å². The van der Waals surface area contributed by atoms with Crippen molar-refractivity contribution in [2.24, 2.45) is 0 Å². The Morgan fingerprint density at radius 2 is 0.968 bits per heavy atom. The maximum absolute atomic E-state index is 6.85. The highest BCUT2D eigenvalue weighted by atomic mass is 28.4. The molecule has 3 aliphatic rings. The second-order valence-corrected chi connectivity index (χ2v) is 20.6. The molecule has 0 unspecified atom stereocenters. The molecule has 0 aliphatic heterocycles. The van der Waals surface area contributed by atoms with Crippen LogP contribution < -0.4 is 0 Å². The second-order valence-electron chi connectivity index (χ2n) is 11.2. The van der Waals surface area contributed by atoms with Crippen LogP contribution in [0.25, 0.3) is 11.0 Å². The zero-order chi connectivity index (χ0) is 22.5. The van der Waals surface area contributed by atoms with Gasteiger partial charge >= 0.3 is 0 Å². The van der Waals surface area contributed by atoms with Crippen molar-refractivity contribution < 1.29 is 4.43 Å². The predicted octanol–water partition coefficient (Wildman–Crippen LogP) is 8.72. The third-order valence-electron chi connectivity index (χ3n) is 6.02. The third kappa shape index (κ3) is 7.22. The Kier molecular flexibility index (Phi) is 8.04. The lowest BCUT2D eigenvalue weighted by Crippen LogP contribution is -2.29. The van der Waals surface area contributed by atoms with Crippen LogP contribution in [0.5, 0.6) is 0 Å². The first-order chi connectivity index (χ1) is 14.6. The van der Waals surface area contributed by atoms with Gasteiger partial charge in [-0.25, -0.2) is 0 Å². The highest BCUT2D eigenvalue weighted by Gasteiger charge is 2.29. The average molecular weight is 451 g/mol. The summed E-state index contributed by atoms with van der Waals surface area (Å²) >= 11 is 0. The van der Waals surface area contributed by atoms with E-state index in [1.807, 2.05) is 0 Å². The molecule has 0 saturated carbocycles. The number of hydrogen-bond acceptors (Lipinski definition) is 1. The first-order valence-electron chi connectivity index (χ1n) is 12.3. The van der Waals surface area contributed by atoms with Crippen molar-refractivity contribution in [3.05, 3.63) is 70.8 Å². The minimum Gasteiger partial charge on any atom is -0.544 e. The van der Waals surface area contributed by atoms with Crippen molar-refractivity contribution in [1.29, 1.82) is 0 Å². The van der Waals surface area contributed by atoms with Gasteiger partial charge < -0.3 is 4.43 Å². The van der Waals surface area contributed by atoms with Crippen molar-refractivity contribution in [2.45, 2.75) is 90.6 Å². The van der Waals surface area contributed by atoms with E-state index in [0.29, 0.717) is 0 Å². The van der Waals surface area contributed by atoms with E-state index >= 15 is 0 Å². The molecule has 1 nitrogen and oxygen atoms in total. The van der Waals surface area contributed by atoms with Gasteiger partial charge in [0, 0.05) is 5.56 Å². The van der Waals surface area contributed by atoms with Crippen molar-refractivity contribution in [2.75, 3.05) is 0 Å². The van der Waals surface area contributed by atoms with E-state index in [1.165, 1.54) is 78.8 Å². The molecule has 5 rings (SSSR count). The molecule has 31 heavy (non-hydrogen) atoms. The molecule has 0 amide bonds. The molecule has 2 aromatic carbocycles. The molecule has 0 spiro atoms. The smallest absolute Gasteiger partial charge is 0.242 e. The summed E-state index contributed by atoms with van der Waals surface area (Å²) in [5.41, 5.74) is 5.52. The molecular formula is C28H42OSi2. The molecule has 0 fully saturated rings. The van der Waals surface area contributed by atoms with Crippen LogP contribution in [0, 0.1) is 0 Å². The van der Waals surface area contributed by atoms with E-state index in [2.05, 4.69) is 87.8 Å². The zero-order valence-corrected chi connectivity index (χ0v) is 22.7. The maximum Gasteiger partial charge on any atom is 0.242 e. The number of rotatable bonds is 3. The molecule has 0 saturated heterocycles. The fourth-order valence-electron chi connectivity index (χ4n) is 4.49. The van der Waals surface area contributed by atoms with E-state index in [1.54, 1.807) is 0 Å². The van der Waals surface area contributed by atoms with Gasteiger partial charge in [0.05, 0.1) is 8.07 Å². The van der Waals surface area contributed by atoms with E-state index in [9.17, 15) is 0 Å². The standard InChI is InChI=1S/C28H42OSi2/c1-30(2,3)28-26-21-17-24(18-22-26)14-12-10-8-7-9-11-13-23-15-19-25(20-16-23)27(28)29-31(4,5)6/h15-22H,7-14H2,1-6H3/b28-27-.